The van der Waals surface area contributed by atoms with Crippen molar-refractivity contribution in [3.63, 3.8) is 0 Å². The van der Waals surface area contributed by atoms with Crippen molar-refractivity contribution in [1.82, 2.24) is 9.97 Å². The number of anilines is 1. The number of amides is 1. The normalized spacial score (nSPS) is 11.0. The van der Waals surface area contributed by atoms with E-state index in [4.69, 9.17) is 4.98 Å². The molecule has 4 rings (SSSR count). The molecule has 0 spiro atoms. The molecule has 0 fully saturated rings. The molecule has 0 aliphatic heterocycles. The molecule has 2 heterocycles. The summed E-state index contributed by atoms with van der Waals surface area (Å²) in [4.78, 5) is 24.2. The molecule has 4 nitrogen and oxygen atoms in total. The second kappa shape index (κ2) is 7.52. The lowest BCUT2D eigenvalue weighted by Crippen LogP contribution is -2.30. The summed E-state index contributed by atoms with van der Waals surface area (Å²) in [5.74, 6) is -0.0496. The Bertz CT molecular complexity index is 1130. The van der Waals surface area contributed by atoms with Gasteiger partial charge in [0, 0.05) is 18.0 Å². The van der Waals surface area contributed by atoms with E-state index < -0.39 is 0 Å². The largest absolute Gasteiger partial charge is 0.279 e. The van der Waals surface area contributed by atoms with Gasteiger partial charge in [-0.05, 0) is 62.2 Å². The van der Waals surface area contributed by atoms with Crippen molar-refractivity contribution >= 4 is 32.6 Å². The Balaban J connectivity index is 1.79. The third-order valence-corrected chi connectivity index (χ3v) is 5.58. The number of rotatable bonds is 4. The molecule has 0 atom stereocenters. The summed E-state index contributed by atoms with van der Waals surface area (Å²) in [6.07, 6.45) is 3.53. The van der Waals surface area contributed by atoms with Crippen molar-refractivity contribution < 1.29 is 4.79 Å². The average Bonchev–Trinajstić information content (AvgIpc) is 3.08. The van der Waals surface area contributed by atoms with Crippen LogP contribution in [0.25, 0.3) is 10.2 Å². The number of thiazole rings is 1. The van der Waals surface area contributed by atoms with Crippen LogP contribution in [-0.2, 0) is 6.54 Å². The summed E-state index contributed by atoms with van der Waals surface area (Å²) in [7, 11) is 0. The van der Waals surface area contributed by atoms with Crippen molar-refractivity contribution in [2.45, 2.75) is 27.3 Å². The molecule has 0 aliphatic rings. The Morgan fingerprint density at radius 1 is 1.00 bits per heavy atom. The van der Waals surface area contributed by atoms with Crippen molar-refractivity contribution in [3.8, 4) is 0 Å². The minimum atomic E-state index is -0.0496. The number of pyridine rings is 1. The van der Waals surface area contributed by atoms with Crippen molar-refractivity contribution in [2.75, 3.05) is 4.90 Å². The van der Waals surface area contributed by atoms with Crippen LogP contribution < -0.4 is 4.90 Å². The third-order valence-electron chi connectivity index (χ3n) is 4.54. The van der Waals surface area contributed by atoms with Gasteiger partial charge in [0.05, 0.1) is 16.8 Å². The molecule has 0 aliphatic carbocycles. The number of carbonyl (C=O) groups is 1. The SMILES string of the molecule is Cc1cc(C)cc(C(=O)N(Cc2cccnc2)c2nc3ccc(C)cc3s2)c1. The zero-order valence-electron chi connectivity index (χ0n) is 16.1. The van der Waals surface area contributed by atoms with Gasteiger partial charge in [-0.1, -0.05) is 40.7 Å². The van der Waals surface area contributed by atoms with Gasteiger partial charge in [-0.3, -0.25) is 14.7 Å². The second-order valence-corrected chi connectivity index (χ2v) is 8.11. The standard InChI is InChI=1S/C23H21N3OS/c1-15-6-7-20-21(12-15)28-23(25-20)26(14-18-5-4-8-24-13-18)22(27)19-10-16(2)9-17(3)11-19/h4-13H,14H2,1-3H3. The van der Waals surface area contributed by atoms with E-state index in [1.165, 1.54) is 5.56 Å². The molecule has 1 amide bonds. The molecule has 0 radical (unpaired) electrons. The van der Waals surface area contributed by atoms with Crippen LogP contribution in [0.5, 0.6) is 0 Å². The number of aryl methyl sites for hydroxylation is 3. The number of fused-ring (bicyclic) bond motifs is 1. The first-order chi connectivity index (χ1) is 13.5. The highest BCUT2D eigenvalue weighted by Gasteiger charge is 2.22. The summed E-state index contributed by atoms with van der Waals surface area (Å²) in [5, 5.41) is 0.702. The van der Waals surface area contributed by atoms with Gasteiger partial charge in [0.25, 0.3) is 5.91 Å². The second-order valence-electron chi connectivity index (χ2n) is 7.10. The van der Waals surface area contributed by atoms with Gasteiger partial charge in [-0.25, -0.2) is 4.98 Å². The summed E-state index contributed by atoms with van der Waals surface area (Å²) in [6.45, 7) is 6.51. The molecule has 0 unspecified atom stereocenters. The maximum absolute atomic E-state index is 13.5. The van der Waals surface area contributed by atoms with Crippen LogP contribution in [0.1, 0.15) is 32.6 Å². The highest BCUT2D eigenvalue weighted by Crippen LogP contribution is 2.31. The van der Waals surface area contributed by atoms with Gasteiger partial charge >= 0.3 is 0 Å². The highest BCUT2D eigenvalue weighted by atomic mass is 32.1. The Morgan fingerprint density at radius 2 is 1.79 bits per heavy atom. The Labute approximate surface area is 168 Å². The van der Waals surface area contributed by atoms with Gasteiger partial charge in [-0.15, -0.1) is 0 Å². The summed E-state index contributed by atoms with van der Waals surface area (Å²) in [5.41, 5.74) is 5.89. The van der Waals surface area contributed by atoms with Gasteiger partial charge in [-0.2, -0.15) is 0 Å². The van der Waals surface area contributed by atoms with E-state index in [1.54, 1.807) is 28.6 Å². The molecule has 0 saturated carbocycles. The first-order valence-electron chi connectivity index (χ1n) is 9.16. The number of aromatic nitrogens is 2. The molecule has 0 N–H and O–H groups in total. The summed E-state index contributed by atoms with van der Waals surface area (Å²) in [6, 6.07) is 16.0. The zero-order chi connectivity index (χ0) is 19.7. The van der Waals surface area contributed by atoms with E-state index in [9.17, 15) is 4.79 Å². The van der Waals surface area contributed by atoms with E-state index >= 15 is 0 Å². The first kappa shape index (κ1) is 18.3. The van der Waals surface area contributed by atoms with E-state index in [-0.39, 0.29) is 5.91 Å². The number of hydrogen-bond donors (Lipinski definition) is 0. The van der Waals surface area contributed by atoms with Crippen LogP contribution in [0.4, 0.5) is 5.13 Å². The van der Waals surface area contributed by atoms with Gasteiger partial charge in [0.1, 0.15) is 0 Å². The van der Waals surface area contributed by atoms with Crippen molar-refractivity contribution in [2.24, 2.45) is 0 Å². The summed E-state index contributed by atoms with van der Waals surface area (Å²) < 4.78 is 1.08. The maximum Gasteiger partial charge on any atom is 0.260 e. The lowest BCUT2D eigenvalue weighted by molar-refractivity contribution is 0.0985. The van der Waals surface area contributed by atoms with Crippen LogP contribution in [-0.4, -0.2) is 15.9 Å². The predicted molar refractivity (Wildman–Crippen MR) is 115 cm³/mol. The molecule has 0 saturated heterocycles. The quantitative estimate of drug-likeness (QED) is 0.467. The third kappa shape index (κ3) is 3.80. The lowest BCUT2D eigenvalue weighted by Gasteiger charge is -2.20. The average molecular weight is 388 g/mol. The van der Waals surface area contributed by atoms with Crippen molar-refractivity contribution in [1.29, 1.82) is 0 Å². The van der Waals surface area contributed by atoms with Crippen LogP contribution in [0, 0.1) is 20.8 Å². The maximum atomic E-state index is 13.5. The molecular weight excluding hydrogens is 366 g/mol. The molecule has 4 aromatic rings. The van der Waals surface area contributed by atoms with Crippen LogP contribution in [0.2, 0.25) is 0 Å². The van der Waals surface area contributed by atoms with Crippen LogP contribution in [0.3, 0.4) is 0 Å². The fraction of sp³-hybridized carbons (Fsp3) is 0.174. The van der Waals surface area contributed by atoms with Crippen LogP contribution >= 0.6 is 11.3 Å². The molecule has 28 heavy (non-hydrogen) atoms. The van der Waals surface area contributed by atoms with Gasteiger partial charge < -0.3 is 0 Å². The predicted octanol–water partition coefficient (Wildman–Crippen LogP) is 5.46. The molecule has 2 aromatic heterocycles. The minimum Gasteiger partial charge on any atom is -0.279 e. The van der Waals surface area contributed by atoms with Crippen LogP contribution in [0.15, 0.2) is 60.9 Å². The fourth-order valence-corrected chi connectivity index (χ4v) is 4.35. The topological polar surface area (TPSA) is 46.1 Å². The molecule has 2 aromatic carbocycles. The van der Waals surface area contributed by atoms with Crippen molar-refractivity contribution in [3.05, 3.63) is 88.7 Å². The molecular formula is C23H21N3OS. The summed E-state index contributed by atoms with van der Waals surface area (Å²) >= 11 is 1.54. The molecule has 140 valence electrons. The lowest BCUT2D eigenvalue weighted by atomic mass is 10.1. The monoisotopic (exact) mass is 387 g/mol. The Kier molecular flexibility index (Phi) is 4.92. The molecule has 0 bridgehead atoms. The first-order valence-corrected chi connectivity index (χ1v) is 9.97. The van der Waals surface area contributed by atoms with E-state index in [1.807, 2.05) is 50.2 Å². The Morgan fingerprint density at radius 3 is 2.50 bits per heavy atom. The number of carbonyl (C=O) groups excluding carboxylic acids is 1. The molecule has 5 heteroatoms. The van der Waals surface area contributed by atoms with E-state index in [0.717, 1.165) is 26.9 Å². The number of hydrogen-bond acceptors (Lipinski definition) is 4. The smallest absolute Gasteiger partial charge is 0.260 e. The highest BCUT2D eigenvalue weighted by molar-refractivity contribution is 7.22. The Hall–Kier alpha value is -3.05. The minimum absolute atomic E-state index is 0.0496. The fourth-order valence-electron chi connectivity index (χ4n) is 3.29. The van der Waals surface area contributed by atoms with Gasteiger partial charge in [0.2, 0.25) is 0 Å². The van der Waals surface area contributed by atoms with E-state index in [2.05, 4.69) is 24.0 Å². The van der Waals surface area contributed by atoms with Gasteiger partial charge in [0.15, 0.2) is 5.13 Å². The number of benzene rings is 2. The number of nitrogens with zero attached hydrogens (tertiary/aromatic N) is 3. The van der Waals surface area contributed by atoms with E-state index in [0.29, 0.717) is 17.2 Å². The zero-order valence-corrected chi connectivity index (χ0v) is 17.0.